The van der Waals surface area contributed by atoms with Crippen LogP contribution in [0.25, 0.3) is 0 Å². The minimum absolute atomic E-state index is 0.0366. The average molecular weight is 336 g/mol. The van der Waals surface area contributed by atoms with Crippen LogP contribution < -0.4 is 16.0 Å². The van der Waals surface area contributed by atoms with Crippen LogP contribution in [0.5, 0.6) is 5.75 Å². The Morgan fingerprint density at radius 1 is 1.44 bits per heavy atom. The molecule has 0 fully saturated rings. The number of rotatable bonds is 3. The van der Waals surface area contributed by atoms with Crippen LogP contribution >= 0.6 is 0 Å². The van der Waals surface area contributed by atoms with Crippen molar-refractivity contribution in [2.45, 2.75) is 33.2 Å². The number of fused-ring (bicyclic) bond motifs is 1. The molecule has 6 nitrogen and oxygen atoms in total. The Bertz CT molecular complexity index is 936. The predicted molar refractivity (Wildman–Crippen MR) is 93.8 cm³/mol. The highest BCUT2D eigenvalue weighted by Crippen LogP contribution is 2.40. The van der Waals surface area contributed by atoms with Gasteiger partial charge in [0.25, 0.3) is 5.56 Å². The number of nitrogens with zero attached hydrogens (tertiary/aromatic N) is 3. The lowest BCUT2D eigenvalue weighted by atomic mass is 9.81. The van der Waals surface area contributed by atoms with Crippen LogP contribution in [0.1, 0.15) is 36.7 Å². The van der Waals surface area contributed by atoms with E-state index in [-0.39, 0.29) is 23.3 Å². The zero-order valence-electron chi connectivity index (χ0n) is 14.5. The van der Waals surface area contributed by atoms with Gasteiger partial charge in [0.05, 0.1) is 23.4 Å². The molecule has 1 atom stereocenters. The highest BCUT2D eigenvalue weighted by molar-refractivity contribution is 5.50. The van der Waals surface area contributed by atoms with E-state index >= 15 is 0 Å². The fraction of sp³-hybridized carbons (Fsp3) is 0.316. The molecule has 2 aromatic heterocycles. The smallest absolute Gasteiger partial charge is 0.258 e. The molecule has 0 saturated carbocycles. The third-order valence-electron chi connectivity index (χ3n) is 4.45. The van der Waals surface area contributed by atoms with Crippen molar-refractivity contribution < 1.29 is 4.74 Å². The van der Waals surface area contributed by atoms with Crippen molar-refractivity contribution in [2.24, 2.45) is 11.7 Å². The molecule has 0 bridgehead atoms. The van der Waals surface area contributed by atoms with E-state index in [1.807, 2.05) is 39.0 Å². The van der Waals surface area contributed by atoms with Crippen LogP contribution in [0, 0.1) is 24.2 Å². The van der Waals surface area contributed by atoms with E-state index in [1.54, 1.807) is 16.8 Å². The Labute approximate surface area is 146 Å². The lowest BCUT2D eigenvalue weighted by Gasteiger charge is -2.29. The van der Waals surface area contributed by atoms with Crippen LogP contribution in [0.4, 0.5) is 0 Å². The number of hydrogen-bond acceptors (Lipinski definition) is 5. The second kappa shape index (κ2) is 6.44. The number of nitrogens with two attached hydrogens (primary N) is 1. The SMILES string of the molecule is Cc1cc2c(c(=O)n1Cc1ccccn1)[C@H](C(C)C)C(C#N)=C(N)O2. The number of allylic oxidation sites excluding steroid dienone is 1. The topological polar surface area (TPSA) is 93.9 Å². The van der Waals surface area contributed by atoms with E-state index in [0.29, 0.717) is 23.4 Å². The van der Waals surface area contributed by atoms with E-state index in [1.165, 1.54) is 0 Å². The number of ether oxygens (including phenoxy) is 1. The maximum absolute atomic E-state index is 13.2. The number of aromatic nitrogens is 2. The van der Waals surface area contributed by atoms with Gasteiger partial charge < -0.3 is 15.0 Å². The highest BCUT2D eigenvalue weighted by atomic mass is 16.5. The molecule has 0 aliphatic carbocycles. The molecule has 2 N–H and O–H groups in total. The molecule has 0 saturated heterocycles. The second-order valence-electron chi connectivity index (χ2n) is 6.49. The van der Waals surface area contributed by atoms with Gasteiger partial charge in [0, 0.05) is 23.9 Å². The van der Waals surface area contributed by atoms with Gasteiger partial charge >= 0.3 is 0 Å². The summed E-state index contributed by atoms with van der Waals surface area (Å²) in [6, 6.07) is 9.51. The fourth-order valence-electron chi connectivity index (χ4n) is 3.24. The van der Waals surface area contributed by atoms with E-state index in [2.05, 4.69) is 11.1 Å². The van der Waals surface area contributed by atoms with Crippen LogP contribution in [0.2, 0.25) is 0 Å². The van der Waals surface area contributed by atoms with E-state index in [4.69, 9.17) is 10.5 Å². The summed E-state index contributed by atoms with van der Waals surface area (Å²) >= 11 is 0. The lowest BCUT2D eigenvalue weighted by molar-refractivity contribution is 0.366. The van der Waals surface area contributed by atoms with E-state index < -0.39 is 0 Å². The summed E-state index contributed by atoms with van der Waals surface area (Å²) in [5, 5.41) is 9.47. The van der Waals surface area contributed by atoms with Crippen LogP contribution in [-0.2, 0) is 6.54 Å². The van der Waals surface area contributed by atoms with Gasteiger partial charge in [-0.3, -0.25) is 9.78 Å². The first-order chi connectivity index (χ1) is 11.9. The molecule has 6 heteroatoms. The van der Waals surface area contributed by atoms with Gasteiger partial charge in [-0.2, -0.15) is 5.26 Å². The Balaban J connectivity index is 2.18. The molecule has 3 heterocycles. The quantitative estimate of drug-likeness (QED) is 0.929. The summed E-state index contributed by atoms with van der Waals surface area (Å²) in [7, 11) is 0. The summed E-state index contributed by atoms with van der Waals surface area (Å²) < 4.78 is 7.25. The van der Waals surface area contributed by atoms with Crippen molar-refractivity contribution >= 4 is 0 Å². The third kappa shape index (κ3) is 2.89. The monoisotopic (exact) mass is 336 g/mol. The molecule has 0 radical (unpaired) electrons. The maximum atomic E-state index is 13.2. The minimum atomic E-state index is -0.378. The Hall–Kier alpha value is -3.07. The standard InChI is InChI=1S/C19H20N4O2/c1-11(2)16-14(9-20)18(21)25-15-8-12(3)23(19(24)17(15)16)10-13-6-4-5-7-22-13/h4-8,11,16H,10,21H2,1-3H3/t16-/m1/s1. The predicted octanol–water partition coefficient (Wildman–Crippen LogP) is 2.43. The summed E-state index contributed by atoms with van der Waals surface area (Å²) in [5.74, 6) is 0.177. The molecule has 2 aromatic rings. The zero-order valence-corrected chi connectivity index (χ0v) is 14.5. The molecule has 0 amide bonds. The van der Waals surface area contributed by atoms with Crippen molar-refractivity contribution in [1.29, 1.82) is 5.26 Å². The maximum Gasteiger partial charge on any atom is 0.258 e. The van der Waals surface area contributed by atoms with E-state index in [9.17, 15) is 10.1 Å². The molecule has 128 valence electrons. The minimum Gasteiger partial charge on any atom is -0.440 e. The molecule has 0 aromatic carbocycles. The average Bonchev–Trinajstić information content (AvgIpc) is 2.58. The fourth-order valence-corrected chi connectivity index (χ4v) is 3.24. The van der Waals surface area contributed by atoms with Crippen molar-refractivity contribution in [3.8, 4) is 11.8 Å². The van der Waals surface area contributed by atoms with Crippen molar-refractivity contribution in [2.75, 3.05) is 0 Å². The van der Waals surface area contributed by atoms with Crippen LogP contribution in [0.3, 0.4) is 0 Å². The first kappa shape index (κ1) is 16.8. The number of hydrogen-bond donors (Lipinski definition) is 1. The summed E-state index contributed by atoms with van der Waals surface area (Å²) in [6.07, 6.45) is 1.70. The zero-order chi connectivity index (χ0) is 18.1. The summed E-state index contributed by atoms with van der Waals surface area (Å²) in [6.45, 7) is 6.14. The lowest BCUT2D eigenvalue weighted by Crippen LogP contribution is -2.34. The second-order valence-corrected chi connectivity index (χ2v) is 6.49. The highest BCUT2D eigenvalue weighted by Gasteiger charge is 2.34. The first-order valence-electron chi connectivity index (χ1n) is 8.15. The van der Waals surface area contributed by atoms with Gasteiger partial charge in [0.15, 0.2) is 0 Å². The molecule has 3 rings (SSSR count). The van der Waals surface area contributed by atoms with Gasteiger partial charge in [-0.25, -0.2) is 0 Å². The Morgan fingerprint density at radius 3 is 2.80 bits per heavy atom. The Morgan fingerprint density at radius 2 is 2.20 bits per heavy atom. The normalized spacial score (nSPS) is 16.4. The number of nitriles is 1. The number of aryl methyl sites for hydroxylation is 1. The van der Waals surface area contributed by atoms with Crippen LogP contribution in [0.15, 0.2) is 46.7 Å². The van der Waals surface area contributed by atoms with E-state index in [0.717, 1.165) is 11.4 Å². The summed E-state index contributed by atoms with van der Waals surface area (Å²) in [5.41, 5.74) is 8.09. The third-order valence-corrected chi connectivity index (χ3v) is 4.45. The number of pyridine rings is 2. The van der Waals surface area contributed by atoms with Gasteiger partial charge in [-0.1, -0.05) is 19.9 Å². The van der Waals surface area contributed by atoms with Gasteiger partial charge in [-0.15, -0.1) is 0 Å². The molecular formula is C19H20N4O2. The van der Waals surface area contributed by atoms with Gasteiger partial charge in [0.1, 0.15) is 11.8 Å². The van der Waals surface area contributed by atoms with Crippen molar-refractivity contribution in [3.63, 3.8) is 0 Å². The van der Waals surface area contributed by atoms with Crippen molar-refractivity contribution in [3.05, 3.63) is 69.2 Å². The molecule has 0 unspecified atom stereocenters. The van der Waals surface area contributed by atoms with Crippen LogP contribution in [-0.4, -0.2) is 9.55 Å². The molecule has 1 aliphatic rings. The first-order valence-corrected chi connectivity index (χ1v) is 8.15. The molecule has 1 aliphatic heterocycles. The largest absolute Gasteiger partial charge is 0.440 e. The molecular weight excluding hydrogens is 316 g/mol. The van der Waals surface area contributed by atoms with Gasteiger partial charge in [0.2, 0.25) is 5.88 Å². The van der Waals surface area contributed by atoms with Crippen molar-refractivity contribution in [1.82, 2.24) is 9.55 Å². The molecule has 25 heavy (non-hydrogen) atoms. The van der Waals surface area contributed by atoms with Gasteiger partial charge in [-0.05, 0) is 25.0 Å². The summed E-state index contributed by atoms with van der Waals surface area (Å²) in [4.78, 5) is 17.5. The Kier molecular flexibility index (Phi) is 4.32. The molecule has 0 spiro atoms.